The topological polar surface area (TPSA) is 125 Å². The van der Waals surface area contributed by atoms with Gasteiger partial charge in [0.25, 0.3) is 0 Å². The van der Waals surface area contributed by atoms with Crippen LogP contribution in [0.3, 0.4) is 0 Å². The van der Waals surface area contributed by atoms with Crippen molar-refractivity contribution < 1.29 is 29.0 Å². The number of aliphatic carboxylic acids is 1. The predicted molar refractivity (Wildman–Crippen MR) is 70.4 cm³/mol. The summed E-state index contributed by atoms with van der Waals surface area (Å²) in [5.41, 5.74) is 0. The molecule has 0 aliphatic carbocycles. The van der Waals surface area contributed by atoms with Gasteiger partial charge in [-0.2, -0.15) is 0 Å². The third-order valence-corrected chi connectivity index (χ3v) is 2.87. The van der Waals surface area contributed by atoms with Crippen LogP contribution >= 0.6 is 0 Å². The molecule has 1 aliphatic heterocycles. The fourth-order valence-electron chi connectivity index (χ4n) is 1.93. The maximum absolute atomic E-state index is 12.0. The Kier molecular flexibility index (Phi) is 6.44. The molecule has 0 saturated carbocycles. The summed E-state index contributed by atoms with van der Waals surface area (Å²) in [7, 11) is 0. The van der Waals surface area contributed by atoms with Crippen LogP contribution in [0.4, 0.5) is 4.79 Å². The molecule has 9 nitrogen and oxygen atoms in total. The Balaban J connectivity index is 2.51. The van der Waals surface area contributed by atoms with Crippen molar-refractivity contribution in [2.24, 2.45) is 0 Å². The first-order valence-corrected chi connectivity index (χ1v) is 6.65. The van der Waals surface area contributed by atoms with Crippen molar-refractivity contribution in [1.29, 1.82) is 0 Å². The summed E-state index contributed by atoms with van der Waals surface area (Å²) in [5, 5.41) is 13.8. The molecule has 0 radical (unpaired) electrons. The van der Waals surface area contributed by atoms with Gasteiger partial charge in [-0.25, -0.2) is 4.79 Å². The van der Waals surface area contributed by atoms with E-state index in [0.29, 0.717) is 0 Å². The molecule has 118 valence electrons. The Bertz CT molecular complexity index is 425. The first-order chi connectivity index (χ1) is 9.95. The molecular weight excluding hydrogens is 282 g/mol. The minimum absolute atomic E-state index is 0.0171. The van der Waals surface area contributed by atoms with E-state index in [4.69, 9.17) is 9.84 Å². The van der Waals surface area contributed by atoms with Gasteiger partial charge in [0.1, 0.15) is 6.04 Å². The summed E-state index contributed by atoms with van der Waals surface area (Å²) in [6.07, 6.45) is -0.444. The van der Waals surface area contributed by atoms with Crippen LogP contribution in [0, 0.1) is 0 Å². The first kappa shape index (κ1) is 16.7. The quantitative estimate of drug-likeness (QED) is 0.536. The van der Waals surface area contributed by atoms with Gasteiger partial charge in [0.2, 0.25) is 5.91 Å². The number of carboxylic acids is 1. The molecule has 1 aliphatic rings. The Morgan fingerprint density at radius 1 is 1.48 bits per heavy atom. The van der Waals surface area contributed by atoms with Gasteiger partial charge in [0, 0.05) is 19.6 Å². The standard InChI is InChI=1S/C12H19N3O6/c1-2-21-10(18)3-4-14-12(20)15-6-5-13-11(19)8(15)7-9(16)17/h8H,2-7H2,1H3,(H,13,19)(H,14,20)(H,16,17). The number of nitrogens with zero attached hydrogens (tertiary/aromatic N) is 1. The highest BCUT2D eigenvalue weighted by molar-refractivity contribution is 5.91. The third kappa shape index (κ3) is 5.28. The summed E-state index contributed by atoms with van der Waals surface area (Å²) in [5.74, 6) is -2.10. The number of ether oxygens (including phenoxy) is 1. The number of rotatable bonds is 6. The van der Waals surface area contributed by atoms with E-state index in [0.717, 1.165) is 4.90 Å². The van der Waals surface area contributed by atoms with E-state index in [1.807, 2.05) is 0 Å². The zero-order valence-corrected chi connectivity index (χ0v) is 11.8. The first-order valence-electron chi connectivity index (χ1n) is 6.65. The summed E-state index contributed by atoms with van der Waals surface area (Å²) in [6, 6.07) is -1.61. The maximum Gasteiger partial charge on any atom is 0.318 e. The Morgan fingerprint density at radius 2 is 2.19 bits per heavy atom. The highest BCUT2D eigenvalue weighted by Gasteiger charge is 2.34. The molecule has 0 aromatic carbocycles. The van der Waals surface area contributed by atoms with Crippen molar-refractivity contribution in [3.63, 3.8) is 0 Å². The predicted octanol–water partition coefficient (Wildman–Crippen LogP) is -1.08. The Hall–Kier alpha value is -2.32. The molecule has 0 bridgehead atoms. The summed E-state index contributed by atoms with van der Waals surface area (Å²) in [6.45, 7) is 2.49. The van der Waals surface area contributed by atoms with E-state index in [2.05, 4.69) is 10.6 Å². The van der Waals surface area contributed by atoms with E-state index in [1.165, 1.54) is 0 Å². The van der Waals surface area contributed by atoms with Crippen LogP contribution in [0.15, 0.2) is 0 Å². The van der Waals surface area contributed by atoms with Gasteiger partial charge >= 0.3 is 18.0 Å². The second kappa shape index (κ2) is 8.08. The molecule has 1 saturated heterocycles. The fraction of sp³-hybridized carbons (Fsp3) is 0.667. The van der Waals surface area contributed by atoms with Gasteiger partial charge < -0.3 is 25.4 Å². The molecule has 21 heavy (non-hydrogen) atoms. The molecular formula is C12H19N3O6. The molecule has 3 N–H and O–H groups in total. The van der Waals surface area contributed by atoms with E-state index in [9.17, 15) is 19.2 Å². The molecule has 0 aromatic heterocycles. The monoisotopic (exact) mass is 301 g/mol. The zero-order valence-electron chi connectivity index (χ0n) is 11.8. The number of hydrogen-bond acceptors (Lipinski definition) is 5. The molecule has 0 spiro atoms. The minimum Gasteiger partial charge on any atom is -0.481 e. The Labute approximate surface area is 121 Å². The number of amides is 3. The van der Waals surface area contributed by atoms with E-state index in [-0.39, 0.29) is 32.7 Å². The van der Waals surface area contributed by atoms with Crippen molar-refractivity contribution in [1.82, 2.24) is 15.5 Å². The number of urea groups is 1. The maximum atomic E-state index is 12.0. The lowest BCUT2D eigenvalue weighted by molar-refractivity contribution is -0.143. The molecule has 1 atom stereocenters. The van der Waals surface area contributed by atoms with Gasteiger partial charge in [-0.15, -0.1) is 0 Å². The lowest BCUT2D eigenvalue weighted by Gasteiger charge is -2.34. The number of hydrogen-bond donors (Lipinski definition) is 3. The van der Waals surface area contributed by atoms with Crippen LogP contribution < -0.4 is 10.6 Å². The van der Waals surface area contributed by atoms with E-state index < -0.39 is 36.3 Å². The zero-order chi connectivity index (χ0) is 15.8. The second-order valence-corrected chi connectivity index (χ2v) is 4.39. The Morgan fingerprint density at radius 3 is 2.81 bits per heavy atom. The number of carboxylic acid groups (broad SMARTS) is 1. The van der Waals surface area contributed by atoms with Gasteiger partial charge in [-0.3, -0.25) is 14.4 Å². The lowest BCUT2D eigenvalue weighted by Crippen LogP contribution is -2.60. The number of carbonyl (C=O) groups excluding carboxylic acids is 3. The molecule has 1 rings (SSSR count). The van der Waals surface area contributed by atoms with Crippen LogP contribution in [-0.2, 0) is 19.1 Å². The summed E-state index contributed by atoms with van der Waals surface area (Å²) in [4.78, 5) is 46.7. The van der Waals surface area contributed by atoms with Crippen molar-refractivity contribution in [3.8, 4) is 0 Å². The van der Waals surface area contributed by atoms with Gasteiger partial charge in [0.05, 0.1) is 19.4 Å². The highest BCUT2D eigenvalue weighted by atomic mass is 16.5. The van der Waals surface area contributed by atoms with Gasteiger partial charge in [-0.05, 0) is 6.92 Å². The van der Waals surface area contributed by atoms with Crippen LogP contribution in [0.5, 0.6) is 0 Å². The van der Waals surface area contributed by atoms with Crippen molar-refractivity contribution in [2.45, 2.75) is 25.8 Å². The van der Waals surface area contributed by atoms with Gasteiger partial charge in [0.15, 0.2) is 0 Å². The molecule has 3 amide bonds. The smallest absolute Gasteiger partial charge is 0.318 e. The van der Waals surface area contributed by atoms with Gasteiger partial charge in [-0.1, -0.05) is 0 Å². The molecule has 9 heteroatoms. The van der Waals surface area contributed by atoms with E-state index in [1.54, 1.807) is 6.92 Å². The third-order valence-electron chi connectivity index (χ3n) is 2.87. The van der Waals surface area contributed by atoms with Crippen LogP contribution in [0.2, 0.25) is 0 Å². The van der Waals surface area contributed by atoms with E-state index >= 15 is 0 Å². The number of nitrogens with one attached hydrogen (secondary N) is 2. The van der Waals surface area contributed by atoms with Crippen molar-refractivity contribution in [2.75, 3.05) is 26.2 Å². The minimum atomic E-state index is -1.17. The average molecular weight is 301 g/mol. The van der Waals surface area contributed by atoms with Crippen molar-refractivity contribution in [3.05, 3.63) is 0 Å². The van der Waals surface area contributed by atoms with Crippen LogP contribution in [-0.4, -0.2) is 66.2 Å². The highest BCUT2D eigenvalue weighted by Crippen LogP contribution is 2.09. The molecule has 1 fully saturated rings. The largest absolute Gasteiger partial charge is 0.481 e. The molecule has 0 aromatic rings. The normalized spacial score (nSPS) is 17.9. The van der Waals surface area contributed by atoms with Crippen molar-refractivity contribution >= 4 is 23.9 Å². The van der Waals surface area contributed by atoms with Crippen LogP contribution in [0.1, 0.15) is 19.8 Å². The summed E-state index contributed by atoms with van der Waals surface area (Å²) >= 11 is 0. The molecule has 1 heterocycles. The SMILES string of the molecule is CCOC(=O)CCNC(=O)N1CCNC(=O)C1CC(=O)O. The van der Waals surface area contributed by atoms with Crippen LogP contribution in [0.25, 0.3) is 0 Å². The molecule has 1 unspecified atom stereocenters. The summed E-state index contributed by atoms with van der Waals surface area (Å²) < 4.78 is 4.71. The second-order valence-electron chi connectivity index (χ2n) is 4.39. The fourth-order valence-corrected chi connectivity index (χ4v) is 1.93. The number of piperazine rings is 1. The average Bonchev–Trinajstić information content (AvgIpc) is 2.40. The number of carbonyl (C=O) groups is 4. The lowest BCUT2D eigenvalue weighted by atomic mass is 10.1. The number of esters is 1.